The third-order valence-electron chi connectivity index (χ3n) is 2.88. The fraction of sp³-hybridized carbons (Fsp3) is 0.700. The number of barbiturate groups is 1. The fourth-order valence-electron chi connectivity index (χ4n) is 1.78. The number of urea groups is 1. The molecule has 2 N–H and O–H groups in total. The second-order valence-corrected chi connectivity index (χ2v) is 3.78. The van der Waals surface area contributed by atoms with Gasteiger partial charge >= 0.3 is 35.6 Å². The molecule has 0 aliphatic carbocycles. The van der Waals surface area contributed by atoms with Gasteiger partial charge in [0.2, 0.25) is 11.8 Å². The van der Waals surface area contributed by atoms with Crippen molar-refractivity contribution in [1.82, 2.24) is 10.6 Å². The molecule has 1 rings (SSSR count). The average molecular weight is 235 g/mol. The predicted molar refractivity (Wildman–Crippen MR) is 53.9 cm³/mol. The molecule has 6 heteroatoms. The smallest absolute Gasteiger partial charge is 0.277 e. The molecule has 1 saturated heterocycles. The minimum atomic E-state index is -1.05. The molecular formula is C10H16N2NaO3+. The van der Waals surface area contributed by atoms with Gasteiger partial charge in [0.25, 0.3) is 0 Å². The van der Waals surface area contributed by atoms with E-state index in [0.29, 0.717) is 12.8 Å². The van der Waals surface area contributed by atoms with Crippen LogP contribution in [0.4, 0.5) is 4.79 Å². The molecule has 0 saturated carbocycles. The third-order valence-corrected chi connectivity index (χ3v) is 2.88. The van der Waals surface area contributed by atoms with Gasteiger partial charge in [0, 0.05) is 0 Å². The van der Waals surface area contributed by atoms with Gasteiger partial charge in [-0.25, -0.2) is 4.79 Å². The number of unbranched alkanes of at least 4 members (excludes halogenated alkanes) is 1. The van der Waals surface area contributed by atoms with E-state index in [1.807, 2.05) is 6.92 Å². The van der Waals surface area contributed by atoms with Gasteiger partial charge in [-0.2, -0.15) is 0 Å². The molecule has 0 spiro atoms. The van der Waals surface area contributed by atoms with Crippen LogP contribution in [0.1, 0.15) is 39.5 Å². The number of carbonyl (C=O) groups is 3. The first-order valence-electron chi connectivity index (χ1n) is 5.23. The molecule has 5 nitrogen and oxygen atoms in total. The summed E-state index contributed by atoms with van der Waals surface area (Å²) in [6.07, 6.45) is 2.61. The second-order valence-electron chi connectivity index (χ2n) is 3.78. The molecule has 4 amide bonds. The van der Waals surface area contributed by atoms with Gasteiger partial charge in [-0.1, -0.05) is 26.7 Å². The molecule has 1 heterocycles. The summed E-state index contributed by atoms with van der Waals surface area (Å²) >= 11 is 0. The van der Waals surface area contributed by atoms with Gasteiger partial charge in [-0.05, 0) is 12.8 Å². The Labute approximate surface area is 117 Å². The van der Waals surface area contributed by atoms with Crippen LogP contribution in [0.3, 0.4) is 0 Å². The molecule has 0 radical (unpaired) electrons. The standard InChI is InChI=1S/C10H16N2O3.Na/c1-3-5-6-10(4-2)7(13)11-9(15)12-8(10)14;/h3-6H2,1-2H3,(H2,11,12,13,14,15);/q;+1. The van der Waals surface area contributed by atoms with E-state index in [4.69, 9.17) is 0 Å². The van der Waals surface area contributed by atoms with E-state index in [1.165, 1.54) is 0 Å². The monoisotopic (exact) mass is 235 g/mol. The quantitative estimate of drug-likeness (QED) is 0.435. The molecule has 0 atom stereocenters. The Morgan fingerprint density at radius 1 is 1.06 bits per heavy atom. The van der Waals surface area contributed by atoms with Crippen molar-refractivity contribution in [1.29, 1.82) is 0 Å². The maximum absolute atomic E-state index is 11.7. The topological polar surface area (TPSA) is 75.3 Å². The van der Waals surface area contributed by atoms with E-state index >= 15 is 0 Å². The Bertz CT molecular complexity index is 284. The zero-order chi connectivity index (χ0) is 11.5. The number of imide groups is 2. The molecule has 0 aromatic carbocycles. The van der Waals surface area contributed by atoms with Gasteiger partial charge in [-0.15, -0.1) is 0 Å². The molecule has 0 unspecified atom stereocenters. The number of amides is 4. The van der Waals surface area contributed by atoms with Crippen molar-refractivity contribution >= 4 is 17.8 Å². The van der Waals surface area contributed by atoms with Crippen molar-refractivity contribution in [2.75, 3.05) is 0 Å². The van der Waals surface area contributed by atoms with E-state index < -0.39 is 23.3 Å². The largest absolute Gasteiger partial charge is 1.00 e. The summed E-state index contributed by atoms with van der Waals surface area (Å²) in [5, 5.41) is 4.30. The molecule has 1 fully saturated rings. The Balaban J connectivity index is 0.00000225. The first kappa shape index (κ1) is 15.6. The summed E-state index contributed by atoms with van der Waals surface area (Å²) in [6.45, 7) is 3.78. The van der Waals surface area contributed by atoms with E-state index in [2.05, 4.69) is 10.6 Å². The first-order chi connectivity index (χ1) is 7.06. The van der Waals surface area contributed by atoms with E-state index in [9.17, 15) is 14.4 Å². The number of hydrogen-bond donors (Lipinski definition) is 2. The molecule has 0 aromatic heterocycles. The Kier molecular flexibility index (Phi) is 6.22. The fourth-order valence-corrected chi connectivity index (χ4v) is 1.78. The maximum Gasteiger partial charge on any atom is 1.00 e. The predicted octanol–water partition coefficient (Wildman–Crippen LogP) is -2.06. The summed E-state index contributed by atoms with van der Waals surface area (Å²) in [5.74, 6) is -0.931. The van der Waals surface area contributed by atoms with Crippen molar-refractivity contribution in [2.45, 2.75) is 39.5 Å². The molecule has 1 aliphatic heterocycles. The number of carbonyl (C=O) groups excluding carboxylic acids is 3. The van der Waals surface area contributed by atoms with Crippen LogP contribution in [-0.2, 0) is 9.59 Å². The van der Waals surface area contributed by atoms with Crippen LogP contribution < -0.4 is 40.2 Å². The van der Waals surface area contributed by atoms with Crippen molar-refractivity contribution in [3.05, 3.63) is 0 Å². The van der Waals surface area contributed by atoms with E-state index in [0.717, 1.165) is 12.8 Å². The van der Waals surface area contributed by atoms with Crippen LogP contribution in [0.25, 0.3) is 0 Å². The van der Waals surface area contributed by atoms with Crippen LogP contribution in [-0.4, -0.2) is 17.8 Å². The van der Waals surface area contributed by atoms with Crippen LogP contribution in [0.15, 0.2) is 0 Å². The van der Waals surface area contributed by atoms with Crippen LogP contribution in [0.2, 0.25) is 0 Å². The number of rotatable bonds is 4. The zero-order valence-corrected chi connectivity index (χ0v) is 12.1. The molecule has 0 aromatic rings. The number of nitrogens with one attached hydrogen (secondary N) is 2. The molecule has 16 heavy (non-hydrogen) atoms. The van der Waals surface area contributed by atoms with Crippen molar-refractivity contribution in [3.8, 4) is 0 Å². The van der Waals surface area contributed by atoms with Gasteiger partial charge in [0.1, 0.15) is 5.41 Å². The Hall–Kier alpha value is -0.390. The Morgan fingerprint density at radius 2 is 1.56 bits per heavy atom. The SMILES string of the molecule is CCCCC1(CC)C(=O)NC(=O)NC1=O.[Na+]. The van der Waals surface area contributed by atoms with E-state index in [1.54, 1.807) is 6.92 Å². The zero-order valence-electron chi connectivity index (χ0n) is 10.1. The van der Waals surface area contributed by atoms with Crippen LogP contribution in [0.5, 0.6) is 0 Å². The normalized spacial score (nSPS) is 18.5. The van der Waals surface area contributed by atoms with Crippen LogP contribution in [0, 0.1) is 5.41 Å². The molecular weight excluding hydrogens is 219 g/mol. The minimum Gasteiger partial charge on any atom is -0.277 e. The first-order valence-corrected chi connectivity index (χ1v) is 5.23. The van der Waals surface area contributed by atoms with Crippen molar-refractivity contribution in [2.24, 2.45) is 5.41 Å². The van der Waals surface area contributed by atoms with Crippen molar-refractivity contribution < 1.29 is 43.9 Å². The summed E-state index contributed by atoms with van der Waals surface area (Å²) in [6, 6.07) is -0.717. The molecule has 0 bridgehead atoms. The number of hydrogen-bond acceptors (Lipinski definition) is 3. The molecule has 1 aliphatic rings. The van der Waals surface area contributed by atoms with Crippen LogP contribution >= 0.6 is 0 Å². The van der Waals surface area contributed by atoms with Gasteiger partial charge in [0.15, 0.2) is 0 Å². The van der Waals surface area contributed by atoms with Crippen molar-refractivity contribution in [3.63, 3.8) is 0 Å². The minimum absolute atomic E-state index is 0. The maximum atomic E-state index is 11.7. The summed E-state index contributed by atoms with van der Waals surface area (Å²) in [7, 11) is 0. The third kappa shape index (κ3) is 2.84. The van der Waals surface area contributed by atoms with Gasteiger partial charge in [0.05, 0.1) is 0 Å². The summed E-state index contributed by atoms with van der Waals surface area (Å²) in [4.78, 5) is 34.3. The molecule has 84 valence electrons. The summed E-state index contributed by atoms with van der Waals surface area (Å²) < 4.78 is 0. The average Bonchev–Trinajstić information content (AvgIpc) is 2.17. The second kappa shape index (κ2) is 6.37. The summed E-state index contributed by atoms with van der Waals surface area (Å²) in [5.41, 5.74) is -1.05. The van der Waals surface area contributed by atoms with Gasteiger partial charge in [-0.3, -0.25) is 20.2 Å². The van der Waals surface area contributed by atoms with E-state index in [-0.39, 0.29) is 29.6 Å². The van der Waals surface area contributed by atoms with Gasteiger partial charge < -0.3 is 0 Å². The Morgan fingerprint density at radius 3 is 1.94 bits per heavy atom.